The number of likely N-dealkylation sites (N-methyl/N-ethyl adjacent to an activating group) is 1. The quantitative estimate of drug-likeness (QED) is 0.456. The molecule has 0 aromatic carbocycles. The monoisotopic (exact) mass is 233 g/mol. The van der Waals surface area contributed by atoms with Crippen LogP contribution in [-0.2, 0) is 4.79 Å². The second kappa shape index (κ2) is 7.02. The summed E-state index contributed by atoms with van der Waals surface area (Å²) in [5.41, 5.74) is 0. The molecule has 0 saturated heterocycles. The zero-order valence-corrected chi connectivity index (χ0v) is 9.73. The highest BCUT2D eigenvalue weighted by molar-refractivity contribution is 5.82. The molecule has 0 aromatic rings. The van der Waals surface area contributed by atoms with Gasteiger partial charge in [0.25, 0.3) is 0 Å². The van der Waals surface area contributed by atoms with Gasteiger partial charge in [0.2, 0.25) is 0 Å². The first-order chi connectivity index (χ1) is 7.38. The average Bonchev–Trinajstić information content (AvgIpc) is 2.21. The predicted molar refractivity (Wildman–Crippen MR) is 58.2 cm³/mol. The van der Waals surface area contributed by atoms with E-state index in [4.69, 9.17) is 10.2 Å². The molecule has 7 heteroatoms. The van der Waals surface area contributed by atoms with Crippen molar-refractivity contribution in [3.05, 3.63) is 0 Å². The van der Waals surface area contributed by atoms with E-state index in [9.17, 15) is 9.59 Å². The molecule has 0 fully saturated rings. The minimum atomic E-state index is -1.27. The topological polar surface area (TPSA) is 102 Å². The maximum atomic E-state index is 11.2. The highest BCUT2D eigenvalue weighted by atomic mass is 16.4. The van der Waals surface area contributed by atoms with Crippen molar-refractivity contribution in [2.45, 2.75) is 19.0 Å². The third-order valence-corrected chi connectivity index (χ3v) is 2.23. The van der Waals surface area contributed by atoms with Gasteiger partial charge in [0, 0.05) is 12.6 Å². The summed E-state index contributed by atoms with van der Waals surface area (Å²) in [6.07, 6.45) is 0. The molecule has 1 unspecified atom stereocenters. The fourth-order valence-corrected chi connectivity index (χ4v) is 0.818. The fourth-order valence-electron chi connectivity index (χ4n) is 0.818. The van der Waals surface area contributed by atoms with Crippen molar-refractivity contribution >= 4 is 12.0 Å². The van der Waals surface area contributed by atoms with Crippen molar-refractivity contribution in [1.29, 1.82) is 0 Å². The van der Waals surface area contributed by atoms with Gasteiger partial charge in [-0.2, -0.15) is 0 Å². The lowest BCUT2D eigenvalue weighted by Gasteiger charge is -2.20. The van der Waals surface area contributed by atoms with Crippen molar-refractivity contribution in [2.24, 2.45) is 0 Å². The highest BCUT2D eigenvalue weighted by Crippen LogP contribution is 1.88. The van der Waals surface area contributed by atoms with E-state index in [0.29, 0.717) is 6.54 Å². The Morgan fingerprint density at radius 2 is 1.94 bits per heavy atom. The first-order valence-electron chi connectivity index (χ1n) is 4.93. The number of aliphatic carboxylic acids is 1. The van der Waals surface area contributed by atoms with Crippen molar-refractivity contribution in [2.75, 3.05) is 27.2 Å². The van der Waals surface area contributed by atoms with E-state index in [2.05, 4.69) is 10.6 Å². The number of carboxylic acid groups (broad SMARTS) is 1. The Balaban J connectivity index is 3.94. The van der Waals surface area contributed by atoms with Crippen LogP contribution in [0.5, 0.6) is 0 Å². The van der Waals surface area contributed by atoms with Crippen LogP contribution in [0.1, 0.15) is 6.92 Å². The molecule has 0 bridgehead atoms. The molecule has 4 N–H and O–H groups in total. The summed E-state index contributed by atoms with van der Waals surface area (Å²) in [4.78, 5) is 23.6. The van der Waals surface area contributed by atoms with E-state index in [0.717, 1.165) is 0 Å². The smallest absolute Gasteiger partial charge is 0.328 e. The summed E-state index contributed by atoms with van der Waals surface area (Å²) in [6.45, 7) is 1.68. The van der Waals surface area contributed by atoms with Crippen LogP contribution in [0.3, 0.4) is 0 Å². The zero-order chi connectivity index (χ0) is 12.7. The Morgan fingerprint density at radius 1 is 1.38 bits per heavy atom. The van der Waals surface area contributed by atoms with E-state index >= 15 is 0 Å². The third kappa shape index (κ3) is 5.52. The van der Waals surface area contributed by atoms with Gasteiger partial charge in [0.15, 0.2) is 6.04 Å². The molecule has 0 heterocycles. The molecule has 0 saturated carbocycles. The standard InChI is InChI=1S/C9H19N3O4/c1-6(12(2)3)4-10-9(16)11-7(5-13)8(14)15/h6-7,13H,4-5H2,1-3H3,(H,14,15)(H2,10,11,16)/t6?,7-/m1/s1. The Kier molecular flexibility index (Phi) is 6.43. The Bertz CT molecular complexity index is 245. The summed E-state index contributed by atoms with van der Waals surface area (Å²) in [5.74, 6) is -1.27. The number of carbonyl (C=O) groups is 2. The number of rotatable bonds is 6. The van der Waals surface area contributed by atoms with Crippen LogP contribution >= 0.6 is 0 Å². The molecule has 0 spiro atoms. The van der Waals surface area contributed by atoms with Gasteiger partial charge in [-0.1, -0.05) is 0 Å². The molecule has 0 aromatic heterocycles. The van der Waals surface area contributed by atoms with Gasteiger partial charge in [0.05, 0.1) is 6.61 Å². The first-order valence-corrected chi connectivity index (χ1v) is 4.93. The summed E-state index contributed by atoms with van der Waals surface area (Å²) in [7, 11) is 3.75. The highest BCUT2D eigenvalue weighted by Gasteiger charge is 2.18. The molecule has 2 amide bonds. The third-order valence-electron chi connectivity index (χ3n) is 2.23. The van der Waals surface area contributed by atoms with Crippen molar-refractivity contribution < 1.29 is 19.8 Å². The van der Waals surface area contributed by atoms with E-state index in [1.165, 1.54) is 0 Å². The largest absolute Gasteiger partial charge is 0.480 e. The predicted octanol–water partition coefficient (Wildman–Crippen LogP) is -1.32. The number of aliphatic hydroxyl groups excluding tert-OH is 1. The molecule has 0 aliphatic carbocycles. The summed E-state index contributed by atoms with van der Waals surface area (Å²) >= 11 is 0. The molecule has 94 valence electrons. The molecule has 0 aliphatic heterocycles. The first kappa shape index (κ1) is 14.7. The number of hydrogen-bond acceptors (Lipinski definition) is 4. The second-order valence-electron chi connectivity index (χ2n) is 3.74. The van der Waals surface area contributed by atoms with Crippen LogP contribution in [0.25, 0.3) is 0 Å². The SMILES string of the molecule is CC(CNC(=O)N[C@H](CO)C(=O)O)N(C)C. The van der Waals surface area contributed by atoms with Crippen LogP contribution in [0.2, 0.25) is 0 Å². The van der Waals surface area contributed by atoms with Crippen LogP contribution in [-0.4, -0.2) is 66.4 Å². The summed E-state index contributed by atoms with van der Waals surface area (Å²) in [5, 5.41) is 21.9. The van der Waals surface area contributed by atoms with Gasteiger partial charge in [-0.15, -0.1) is 0 Å². The molecular formula is C9H19N3O4. The number of carboxylic acids is 1. The molecule has 16 heavy (non-hydrogen) atoms. The Labute approximate surface area is 94.4 Å². The Hall–Kier alpha value is -1.34. The second-order valence-corrected chi connectivity index (χ2v) is 3.74. The Morgan fingerprint density at radius 3 is 2.31 bits per heavy atom. The van der Waals surface area contributed by atoms with Gasteiger partial charge in [-0.05, 0) is 21.0 Å². The average molecular weight is 233 g/mol. The summed E-state index contributed by atoms with van der Waals surface area (Å²) in [6, 6.07) is -1.73. The van der Waals surface area contributed by atoms with Gasteiger partial charge in [-0.3, -0.25) is 0 Å². The molecule has 2 atom stereocenters. The normalized spacial score (nSPS) is 14.3. The van der Waals surface area contributed by atoms with E-state index < -0.39 is 24.6 Å². The number of nitrogens with zero attached hydrogens (tertiary/aromatic N) is 1. The van der Waals surface area contributed by atoms with Crippen LogP contribution in [0, 0.1) is 0 Å². The fraction of sp³-hybridized carbons (Fsp3) is 0.778. The van der Waals surface area contributed by atoms with Crippen LogP contribution in [0.15, 0.2) is 0 Å². The molecular weight excluding hydrogens is 214 g/mol. The minimum absolute atomic E-state index is 0.142. The number of urea groups is 1. The van der Waals surface area contributed by atoms with E-state index in [1.807, 2.05) is 25.9 Å². The minimum Gasteiger partial charge on any atom is -0.480 e. The number of hydrogen-bond donors (Lipinski definition) is 4. The lowest BCUT2D eigenvalue weighted by atomic mass is 10.3. The lowest BCUT2D eigenvalue weighted by Crippen LogP contribution is -2.50. The summed E-state index contributed by atoms with van der Waals surface area (Å²) < 4.78 is 0. The van der Waals surface area contributed by atoms with Crippen LogP contribution < -0.4 is 10.6 Å². The van der Waals surface area contributed by atoms with Gasteiger partial charge in [0.1, 0.15) is 0 Å². The van der Waals surface area contributed by atoms with E-state index in [-0.39, 0.29) is 6.04 Å². The molecule has 7 nitrogen and oxygen atoms in total. The number of carbonyl (C=O) groups excluding carboxylic acids is 1. The van der Waals surface area contributed by atoms with Crippen molar-refractivity contribution in [3.63, 3.8) is 0 Å². The van der Waals surface area contributed by atoms with Crippen molar-refractivity contribution in [1.82, 2.24) is 15.5 Å². The van der Waals surface area contributed by atoms with Gasteiger partial charge >= 0.3 is 12.0 Å². The molecule has 0 radical (unpaired) electrons. The zero-order valence-electron chi connectivity index (χ0n) is 9.73. The number of aliphatic hydroxyl groups is 1. The van der Waals surface area contributed by atoms with Gasteiger partial charge in [-0.25, -0.2) is 9.59 Å². The van der Waals surface area contributed by atoms with Gasteiger partial charge < -0.3 is 25.7 Å². The van der Waals surface area contributed by atoms with Crippen LogP contribution in [0.4, 0.5) is 4.79 Å². The van der Waals surface area contributed by atoms with E-state index in [1.54, 1.807) is 0 Å². The maximum absolute atomic E-state index is 11.2. The molecule has 0 aliphatic rings. The number of nitrogens with one attached hydrogen (secondary N) is 2. The lowest BCUT2D eigenvalue weighted by molar-refractivity contribution is -0.140. The van der Waals surface area contributed by atoms with Crippen molar-refractivity contribution in [3.8, 4) is 0 Å². The maximum Gasteiger partial charge on any atom is 0.328 e. The number of amides is 2. The molecule has 0 rings (SSSR count).